The highest BCUT2D eigenvalue weighted by Crippen LogP contribution is 2.12. The smallest absolute Gasteiger partial charge is 0.165 e. The first-order valence-electron chi connectivity index (χ1n) is 3.48. The molecule has 0 unspecified atom stereocenters. The minimum atomic E-state index is 0.532. The van der Waals surface area contributed by atoms with Gasteiger partial charge in [-0.25, -0.2) is 0 Å². The van der Waals surface area contributed by atoms with Gasteiger partial charge in [0.05, 0.1) is 6.61 Å². The van der Waals surface area contributed by atoms with Crippen LogP contribution in [0.15, 0.2) is 24.3 Å². The van der Waals surface area contributed by atoms with Gasteiger partial charge in [-0.15, -0.1) is 0 Å². The van der Waals surface area contributed by atoms with Crippen molar-refractivity contribution in [2.75, 3.05) is 12.3 Å². The SMILES string of the molecule is CCOOc1ccc(N)cc1. The van der Waals surface area contributed by atoms with Gasteiger partial charge in [-0.3, -0.25) is 0 Å². The molecule has 0 aromatic heterocycles. The molecule has 0 amide bonds. The molecule has 0 aliphatic rings. The highest BCUT2D eigenvalue weighted by Gasteiger charge is 1.91. The van der Waals surface area contributed by atoms with E-state index in [-0.39, 0.29) is 0 Å². The van der Waals surface area contributed by atoms with Gasteiger partial charge in [0.1, 0.15) is 0 Å². The number of nitrogen functional groups attached to an aromatic ring is 1. The molecule has 0 saturated heterocycles. The van der Waals surface area contributed by atoms with Crippen LogP contribution < -0.4 is 10.6 Å². The fraction of sp³-hybridized carbons (Fsp3) is 0.250. The third-order valence-electron chi connectivity index (χ3n) is 1.15. The van der Waals surface area contributed by atoms with Gasteiger partial charge < -0.3 is 10.6 Å². The highest BCUT2D eigenvalue weighted by molar-refractivity contribution is 5.41. The monoisotopic (exact) mass is 153 g/mol. The Morgan fingerprint density at radius 3 is 2.45 bits per heavy atom. The number of anilines is 1. The van der Waals surface area contributed by atoms with Gasteiger partial charge in [0.2, 0.25) is 0 Å². The van der Waals surface area contributed by atoms with Crippen molar-refractivity contribution in [2.24, 2.45) is 0 Å². The maximum Gasteiger partial charge on any atom is 0.165 e. The Bertz CT molecular complexity index is 208. The van der Waals surface area contributed by atoms with Gasteiger partial charge in [0.15, 0.2) is 5.75 Å². The van der Waals surface area contributed by atoms with Crippen LogP contribution in [0.1, 0.15) is 6.92 Å². The second-order valence-corrected chi connectivity index (χ2v) is 2.06. The fourth-order valence-corrected chi connectivity index (χ4v) is 0.650. The number of nitrogens with two attached hydrogens (primary N) is 1. The zero-order valence-corrected chi connectivity index (χ0v) is 6.41. The average molecular weight is 153 g/mol. The van der Waals surface area contributed by atoms with E-state index in [1.165, 1.54) is 0 Å². The van der Waals surface area contributed by atoms with Gasteiger partial charge in [-0.2, -0.15) is 4.89 Å². The second kappa shape index (κ2) is 3.83. The van der Waals surface area contributed by atoms with E-state index in [0.717, 1.165) is 0 Å². The topological polar surface area (TPSA) is 44.5 Å². The van der Waals surface area contributed by atoms with Crippen LogP contribution in [0.5, 0.6) is 5.75 Å². The molecule has 1 rings (SSSR count). The predicted octanol–water partition coefficient (Wildman–Crippen LogP) is 1.60. The molecule has 0 heterocycles. The maximum atomic E-state index is 5.46. The Balaban J connectivity index is 2.52. The third-order valence-corrected chi connectivity index (χ3v) is 1.15. The molecule has 0 spiro atoms. The van der Waals surface area contributed by atoms with E-state index in [9.17, 15) is 0 Å². The van der Waals surface area contributed by atoms with Gasteiger partial charge in [0.25, 0.3) is 0 Å². The van der Waals surface area contributed by atoms with Crippen molar-refractivity contribution >= 4 is 5.69 Å². The molecule has 0 fully saturated rings. The Labute approximate surface area is 65.7 Å². The lowest BCUT2D eigenvalue weighted by Gasteiger charge is -2.01. The maximum absolute atomic E-state index is 5.46. The molecule has 0 radical (unpaired) electrons. The summed E-state index contributed by atoms with van der Waals surface area (Å²) in [7, 11) is 0. The van der Waals surface area contributed by atoms with Crippen LogP contribution in [0.2, 0.25) is 0 Å². The summed E-state index contributed by atoms with van der Waals surface area (Å²) in [6.45, 7) is 2.39. The van der Waals surface area contributed by atoms with Crippen molar-refractivity contribution in [2.45, 2.75) is 6.92 Å². The Morgan fingerprint density at radius 2 is 1.91 bits per heavy atom. The molecule has 1 aromatic carbocycles. The molecule has 3 nitrogen and oxygen atoms in total. The first-order valence-corrected chi connectivity index (χ1v) is 3.48. The first-order chi connectivity index (χ1) is 5.33. The van der Waals surface area contributed by atoms with Crippen molar-refractivity contribution in [3.05, 3.63) is 24.3 Å². The Morgan fingerprint density at radius 1 is 1.27 bits per heavy atom. The van der Waals surface area contributed by atoms with E-state index in [0.29, 0.717) is 18.0 Å². The zero-order chi connectivity index (χ0) is 8.10. The van der Waals surface area contributed by atoms with Crippen LogP contribution in [0.3, 0.4) is 0 Å². The first kappa shape index (κ1) is 7.88. The average Bonchev–Trinajstić information content (AvgIpc) is 2.04. The summed E-state index contributed by atoms with van der Waals surface area (Å²) < 4.78 is 0. The summed E-state index contributed by atoms with van der Waals surface area (Å²) in [5.74, 6) is 0.668. The van der Waals surface area contributed by atoms with Crippen molar-refractivity contribution < 1.29 is 9.78 Å². The van der Waals surface area contributed by atoms with Crippen molar-refractivity contribution in [1.82, 2.24) is 0 Å². The molecular formula is C8H11NO2. The molecule has 60 valence electrons. The molecular weight excluding hydrogens is 142 g/mol. The highest BCUT2D eigenvalue weighted by atomic mass is 17.2. The minimum absolute atomic E-state index is 0.532. The summed E-state index contributed by atoms with van der Waals surface area (Å²) in [5.41, 5.74) is 6.18. The fourth-order valence-electron chi connectivity index (χ4n) is 0.650. The Hall–Kier alpha value is -1.22. The van der Waals surface area contributed by atoms with Crippen LogP contribution in [-0.2, 0) is 4.89 Å². The lowest BCUT2D eigenvalue weighted by Crippen LogP contribution is -1.95. The predicted molar refractivity (Wildman–Crippen MR) is 43.1 cm³/mol. The van der Waals surface area contributed by atoms with Gasteiger partial charge >= 0.3 is 0 Å². The van der Waals surface area contributed by atoms with E-state index in [2.05, 4.69) is 0 Å². The summed E-state index contributed by atoms with van der Waals surface area (Å²) in [4.78, 5) is 9.57. The normalized spacial score (nSPS) is 9.55. The molecule has 1 aromatic rings. The number of rotatable bonds is 3. The standard InChI is InChI=1S/C8H11NO2/c1-2-10-11-8-5-3-7(9)4-6-8/h3-6H,2,9H2,1H3. The molecule has 0 saturated carbocycles. The molecule has 11 heavy (non-hydrogen) atoms. The van der Waals surface area contributed by atoms with E-state index >= 15 is 0 Å². The van der Waals surface area contributed by atoms with Gasteiger partial charge in [-0.1, -0.05) is 0 Å². The number of hydrogen-bond donors (Lipinski definition) is 1. The van der Waals surface area contributed by atoms with E-state index in [1.54, 1.807) is 24.3 Å². The Kier molecular flexibility index (Phi) is 2.74. The van der Waals surface area contributed by atoms with Gasteiger partial charge in [0, 0.05) is 5.69 Å². The molecule has 0 bridgehead atoms. The lowest BCUT2D eigenvalue weighted by atomic mass is 10.3. The largest absolute Gasteiger partial charge is 0.399 e. The molecule has 2 N–H and O–H groups in total. The van der Waals surface area contributed by atoms with Crippen molar-refractivity contribution in [1.29, 1.82) is 0 Å². The molecule has 0 aliphatic carbocycles. The molecule has 0 aliphatic heterocycles. The van der Waals surface area contributed by atoms with Crippen molar-refractivity contribution in [3.63, 3.8) is 0 Å². The summed E-state index contributed by atoms with van der Waals surface area (Å²) in [6.07, 6.45) is 0. The number of hydrogen-bond acceptors (Lipinski definition) is 3. The van der Waals surface area contributed by atoms with Crippen LogP contribution in [0.4, 0.5) is 5.69 Å². The van der Waals surface area contributed by atoms with Crippen LogP contribution in [-0.4, -0.2) is 6.61 Å². The van der Waals surface area contributed by atoms with E-state index < -0.39 is 0 Å². The van der Waals surface area contributed by atoms with Gasteiger partial charge in [-0.05, 0) is 31.2 Å². The minimum Gasteiger partial charge on any atom is -0.399 e. The molecule has 0 atom stereocenters. The summed E-state index contributed by atoms with van der Waals surface area (Å²) >= 11 is 0. The van der Waals surface area contributed by atoms with Crippen LogP contribution in [0.25, 0.3) is 0 Å². The van der Waals surface area contributed by atoms with Crippen LogP contribution >= 0.6 is 0 Å². The zero-order valence-electron chi connectivity index (χ0n) is 6.41. The third kappa shape index (κ3) is 2.47. The van der Waals surface area contributed by atoms with Crippen LogP contribution in [0, 0.1) is 0 Å². The summed E-state index contributed by atoms with van der Waals surface area (Å²) in [6, 6.07) is 7.03. The molecule has 3 heteroatoms. The van der Waals surface area contributed by atoms with Crippen molar-refractivity contribution in [3.8, 4) is 5.75 Å². The van der Waals surface area contributed by atoms with E-state index in [4.69, 9.17) is 15.5 Å². The quantitative estimate of drug-likeness (QED) is 0.407. The second-order valence-electron chi connectivity index (χ2n) is 2.06. The summed E-state index contributed by atoms with van der Waals surface area (Å²) in [5, 5.41) is 0. The number of benzene rings is 1. The lowest BCUT2D eigenvalue weighted by molar-refractivity contribution is -0.202. The van der Waals surface area contributed by atoms with E-state index in [1.807, 2.05) is 6.92 Å².